The molecule has 2 N–H and O–H groups in total. The minimum atomic E-state index is -0.567. The van der Waals surface area contributed by atoms with Crippen molar-refractivity contribution >= 4 is 36.4 Å². The molecule has 0 aliphatic rings. The Morgan fingerprint density at radius 2 is 1.06 bits per heavy atom. The Morgan fingerprint density at radius 1 is 0.667 bits per heavy atom. The van der Waals surface area contributed by atoms with Gasteiger partial charge in [0, 0.05) is 0 Å². The highest BCUT2D eigenvalue weighted by Gasteiger charge is 2.15. The summed E-state index contributed by atoms with van der Waals surface area (Å²) in [5.74, 6) is -1.21. The fraction of sp³-hybridized carbons (Fsp3) is 0.0769. The second kappa shape index (κ2) is 11.8. The summed E-state index contributed by atoms with van der Waals surface area (Å²) in [6.07, 6.45) is 6.92. The highest BCUT2D eigenvalue weighted by atomic mass is 16.4. The highest BCUT2D eigenvalue weighted by molar-refractivity contribution is 5.96. The van der Waals surface area contributed by atoms with Crippen LogP contribution in [0.25, 0.3) is 12.2 Å². The number of amides is 2. The molecule has 2 amide bonds. The van der Waals surface area contributed by atoms with Crippen molar-refractivity contribution in [1.29, 1.82) is 0 Å². The van der Waals surface area contributed by atoms with Gasteiger partial charge >= 0.3 is 11.8 Å². The predicted octanol–water partition coefficient (Wildman–Crippen LogP) is 4.92. The van der Waals surface area contributed by atoms with Crippen LogP contribution in [0.15, 0.2) is 98.6 Å². The lowest BCUT2D eigenvalue weighted by molar-refractivity contribution is 0.0902. The fourth-order valence-electron chi connectivity index (χ4n) is 2.78. The van der Waals surface area contributed by atoms with Crippen LogP contribution >= 0.6 is 0 Å². The molecule has 3 rings (SSSR count). The molecule has 33 heavy (non-hydrogen) atoms. The molecule has 0 bridgehead atoms. The number of hydrogen-bond acceptors (Lipinski definition) is 5. The number of carbonyl (C=O) groups excluding carboxylic acids is 2. The summed E-state index contributed by atoms with van der Waals surface area (Å²) in [7, 11) is 0. The molecule has 2 aromatic carbocycles. The maximum atomic E-state index is 12.2. The molecule has 0 unspecified atom stereocenters. The van der Waals surface area contributed by atoms with E-state index < -0.39 is 11.8 Å². The summed E-state index contributed by atoms with van der Waals surface area (Å²) in [6.45, 7) is 3.74. The fourth-order valence-corrected chi connectivity index (χ4v) is 2.78. The average Bonchev–Trinajstić information content (AvgIpc) is 3.31. The molecule has 0 aliphatic carbocycles. The van der Waals surface area contributed by atoms with Crippen LogP contribution < -0.4 is 10.9 Å². The summed E-state index contributed by atoms with van der Waals surface area (Å²) in [4.78, 5) is 24.4. The van der Waals surface area contributed by atoms with Crippen LogP contribution in [-0.4, -0.2) is 24.2 Å². The minimum Gasteiger partial charge on any atom is -0.446 e. The van der Waals surface area contributed by atoms with Crippen molar-refractivity contribution < 1.29 is 14.0 Å². The van der Waals surface area contributed by atoms with Crippen molar-refractivity contribution in [1.82, 2.24) is 10.9 Å². The smallest absolute Gasteiger partial charge is 0.307 e. The van der Waals surface area contributed by atoms with E-state index in [1.54, 1.807) is 0 Å². The van der Waals surface area contributed by atoms with Crippen LogP contribution in [0.3, 0.4) is 0 Å². The number of hydrazone groups is 2. The number of hydrogen-bond donors (Lipinski definition) is 2. The first-order chi connectivity index (χ1) is 16.0. The van der Waals surface area contributed by atoms with E-state index in [9.17, 15) is 9.59 Å². The van der Waals surface area contributed by atoms with Crippen molar-refractivity contribution in [2.24, 2.45) is 10.2 Å². The van der Waals surface area contributed by atoms with Gasteiger partial charge in [0.2, 0.25) is 0 Å². The first-order valence-corrected chi connectivity index (χ1v) is 10.2. The van der Waals surface area contributed by atoms with E-state index >= 15 is 0 Å². The third-order valence-electron chi connectivity index (χ3n) is 4.31. The summed E-state index contributed by atoms with van der Waals surface area (Å²) in [5.41, 5.74) is 8.53. The van der Waals surface area contributed by atoms with Crippen molar-refractivity contribution in [3.8, 4) is 0 Å². The summed E-state index contributed by atoms with van der Waals surface area (Å²) >= 11 is 0. The van der Waals surface area contributed by atoms with E-state index in [0.29, 0.717) is 0 Å². The van der Waals surface area contributed by atoms with Crippen molar-refractivity contribution in [2.45, 2.75) is 13.8 Å². The van der Waals surface area contributed by atoms with Crippen LogP contribution in [-0.2, 0) is 0 Å². The number of nitrogens with one attached hydrogen (secondary N) is 2. The largest absolute Gasteiger partial charge is 0.446 e. The van der Waals surface area contributed by atoms with E-state index in [2.05, 4.69) is 21.1 Å². The van der Waals surface area contributed by atoms with Gasteiger partial charge in [-0.1, -0.05) is 72.8 Å². The Hall–Kier alpha value is -4.52. The zero-order valence-electron chi connectivity index (χ0n) is 18.4. The zero-order chi connectivity index (χ0) is 23.5. The van der Waals surface area contributed by atoms with Gasteiger partial charge in [0.05, 0.1) is 12.4 Å². The van der Waals surface area contributed by atoms with E-state index in [1.807, 2.05) is 86.7 Å². The minimum absolute atomic E-state index is 0.0360. The Bertz CT molecular complexity index is 1110. The van der Waals surface area contributed by atoms with Gasteiger partial charge in [0.15, 0.2) is 11.5 Å². The van der Waals surface area contributed by atoms with Crippen molar-refractivity contribution in [3.63, 3.8) is 0 Å². The monoisotopic (exact) mass is 440 g/mol. The van der Waals surface area contributed by atoms with E-state index in [4.69, 9.17) is 4.42 Å². The van der Waals surface area contributed by atoms with Crippen LogP contribution in [0.4, 0.5) is 0 Å². The number of rotatable bonds is 8. The summed E-state index contributed by atoms with van der Waals surface area (Å²) < 4.78 is 5.31. The SMILES string of the molecule is CC(C=NNC(=O)c1ccc(C(=O)NN=CC(C)=Cc2ccccc2)o1)=Cc1ccccc1. The first-order valence-electron chi connectivity index (χ1n) is 10.2. The van der Waals surface area contributed by atoms with Gasteiger partial charge in [-0.3, -0.25) is 9.59 Å². The second-order valence-electron chi connectivity index (χ2n) is 7.16. The normalized spacial score (nSPS) is 12.3. The van der Waals surface area contributed by atoms with Crippen LogP contribution in [0.1, 0.15) is 46.1 Å². The molecule has 1 aromatic heterocycles. The molecule has 0 saturated heterocycles. The molecule has 1 heterocycles. The van der Waals surface area contributed by atoms with Crippen molar-refractivity contribution in [2.75, 3.05) is 0 Å². The number of benzene rings is 2. The molecule has 7 heteroatoms. The Morgan fingerprint density at radius 3 is 1.45 bits per heavy atom. The van der Waals surface area contributed by atoms with Crippen molar-refractivity contribution in [3.05, 3.63) is 107 Å². The Kier molecular flexibility index (Phi) is 8.25. The summed E-state index contributed by atoms with van der Waals surface area (Å²) in [6, 6.07) is 22.3. The van der Waals surface area contributed by atoms with Crippen LogP contribution in [0.5, 0.6) is 0 Å². The summed E-state index contributed by atoms with van der Waals surface area (Å²) in [5, 5.41) is 7.84. The maximum Gasteiger partial charge on any atom is 0.307 e. The zero-order valence-corrected chi connectivity index (χ0v) is 18.4. The quantitative estimate of drug-likeness (QED) is 0.384. The van der Waals surface area contributed by atoms with Gasteiger partial charge in [-0.15, -0.1) is 0 Å². The molecule has 0 radical (unpaired) electrons. The second-order valence-corrected chi connectivity index (χ2v) is 7.16. The number of furan rings is 1. The molecule has 0 saturated carbocycles. The lowest BCUT2D eigenvalue weighted by atomic mass is 10.1. The first kappa shape index (κ1) is 23.1. The lowest BCUT2D eigenvalue weighted by Gasteiger charge is -1.98. The molecule has 0 fully saturated rings. The number of nitrogens with zero attached hydrogens (tertiary/aromatic N) is 2. The Balaban J connectivity index is 1.51. The molecule has 166 valence electrons. The molecule has 7 nitrogen and oxygen atoms in total. The standard InChI is InChI=1S/C26H24N4O3/c1-19(15-21-9-5-3-6-10-21)17-27-29-25(31)23-13-14-24(33-23)26(32)30-28-18-20(2)16-22-11-7-4-8-12-22/h3-18H,1-2H3,(H,29,31)(H,30,32). The van der Waals surface area contributed by atoms with Crippen LogP contribution in [0.2, 0.25) is 0 Å². The average molecular weight is 441 g/mol. The Labute approximate surface area is 192 Å². The van der Waals surface area contributed by atoms with Gasteiger partial charge in [0.25, 0.3) is 0 Å². The van der Waals surface area contributed by atoms with Gasteiger partial charge in [-0.05, 0) is 48.3 Å². The maximum absolute atomic E-state index is 12.2. The van der Waals surface area contributed by atoms with Gasteiger partial charge in [-0.2, -0.15) is 10.2 Å². The lowest BCUT2D eigenvalue weighted by Crippen LogP contribution is -2.18. The van der Waals surface area contributed by atoms with Gasteiger partial charge in [0.1, 0.15) is 0 Å². The molecular formula is C26H24N4O3. The number of allylic oxidation sites excluding steroid dienone is 2. The van der Waals surface area contributed by atoms with Gasteiger partial charge < -0.3 is 4.42 Å². The molecule has 0 atom stereocenters. The topological polar surface area (TPSA) is 96.1 Å². The molecule has 0 aliphatic heterocycles. The molecular weight excluding hydrogens is 416 g/mol. The predicted molar refractivity (Wildman–Crippen MR) is 131 cm³/mol. The van der Waals surface area contributed by atoms with Crippen LogP contribution in [0, 0.1) is 0 Å². The molecule has 3 aromatic rings. The third-order valence-corrected chi connectivity index (χ3v) is 4.31. The van der Waals surface area contributed by atoms with E-state index in [-0.39, 0.29) is 11.5 Å². The molecule has 0 spiro atoms. The third kappa shape index (κ3) is 7.59. The van der Waals surface area contributed by atoms with Gasteiger partial charge in [-0.25, -0.2) is 10.9 Å². The number of carbonyl (C=O) groups is 2. The van der Waals surface area contributed by atoms with E-state index in [1.165, 1.54) is 24.6 Å². The van der Waals surface area contributed by atoms with E-state index in [0.717, 1.165) is 22.3 Å². The highest BCUT2D eigenvalue weighted by Crippen LogP contribution is 2.09.